The van der Waals surface area contributed by atoms with Gasteiger partial charge in [0.25, 0.3) is 5.91 Å². The van der Waals surface area contributed by atoms with Crippen LogP contribution in [0.1, 0.15) is 55.1 Å². The maximum atomic E-state index is 11.9. The summed E-state index contributed by atoms with van der Waals surface area (Å²) in [6, 6.07) is 11.3. The van der Waals surface area contributed by atoms with E-state index in [2.05, 4.69) is 29.7 Å². The van der Waals surface area contributed by atoms with Gasteiger partial charge in [0.15, 0.2) is 5.76 Å². The molecule has 0 unspecified atom stereocenters. The Balaban J connectivity index is 1.63. The first-order valence-corrected chi connectivity index (χ1v) is 8.89. The van der Waals surface area contributed by atoms with Gasteiger partial charge in [0.1, 0.15) is 0 Å². The zero-order valence-electron chi connectivity index (χ0n) is 14.7. The zero-order valence-corrected chi connectivity index (χ0v) is 14.7. The molecule has 2 amide bonds. The van der Waals surface area contributed by atoms with Crippen molar-refractivity contribution in [2.75, 3.05) is 11.9 Å². The molecular formula is C20H26N2O3. The zero-order chi connectivity index (χ0) is 17.9. The summed E-state index contributed by atoms with van der Waals surface area (Å²) in [6.45, 7) is 2.63. The minimum atomic E-state index is -0.260. The van der Waals surface area contributed by atoms with Gasteiger partial charge in [-0.05, 0) is 49.1 Å². The van der Waals surface area contributed by atoms with Crippen molar-refractivity contribution in [3.8, 4) is 0 Å². The monoisotopic (exact) mass is 342 g/mol. The van der Waals surface area contributed by atoms with E-state index >= 15 is 0 Å². The fourth-order valence-corrected chi connectivity index (χ4v) is 2.50. The quantitative estimate of drug-likeness (QED) is 0.637. The first-order valence-electron chi connectivity index (χ1n) is 8.89. The van der Waals surface area contributed by atoms with Crippen LogP contribution in [0.25, 0.3) is 0 Å². The minimum absolute atomic E-state index is 0.0500. The molecule has 0 spiro atoms. The molecule has 134 valence electrons. The van der Waals surface area contributed by atoms with Crippen LogP contribution in [0.3, 0.4) is 0 Å². The average Bonchev–Trinajstić information content (AvgIpc) is 3.15. The lowest BCUT2D eigenvalue weighted by Gasteiger charge is -2.07. The van der Waals surface area contributed by atoms with E-state index < -0.39 is 0 Å². The lowest BCUT2D eigenvalue weighted by Crippen LogP contribution is -2.25. The third kappa shape index (κ3) is 6.83. The minimum Gasteiger partial charge on any atom is -0.459 e. The lowest BCUT2D eigenvalue weighted by atomic mass is 10.1. The number of furan rings is 1. The Hall–Kier alpha value is -2.56. The lowest BCUT2D eigenvalue weighted by molar-refractivity contribution is -0.116. The van der Waals surface area contributed by atoms with E-state index in [9.17, 15) is 9.59 Å². The molecule has 2 aromatic rings. The van der Waals surface area contributed by atoms with Crippen LogP contribution in [0.4, 0.5) is 5.69 Å². The van der Waals surface area contributed by atoms with Crippen molar-refractivity contribution < 1.29 is 14.0 Å². The third-order valence-corrected chi connectivity index (χ3v) is 3.92. The highest BCUT2D eigenvalue weighted by Crippen LogP contribution is 2.12. The van der Waals surface area contributed by atoms with Gasteiger partial charge in [0.05, 0.1) is 6.26 Å². The molecule has 0 saturated heterocycles. The van der Waals surface area contributed by atoms with Gasteiger partial charge >= 0.3 is 0 Å². The van der Waals surface area contributed by atoms with Crippen molar-refractivity contribution in [1.82, 2.24) is 5.32 Å². The molecule has 5 heteroatoms. The Morgan fingerprint density at radius 1 is 1.04 bits per heavy atom. The number of carbonyl (C=O) groups excluding carboxylic acids is 2. The maximum absolute atomic E-state index is 11.9. The van der Waals surface area contributed by atoms with Crippen molar-refractivity contribution >= 4 is 17.5 Å². The smallest absolute Gasteiger partial charge is 0.286 e. The third-order valence-electron chi connectivity index (χ3n) is 3.92. The summed E-state index contributed by atoms with van der Waals surface area (Å²) in [7, 11) is 0. The molecule has 0 radical (unpaired) electrons. The number of rotatable bonds is 10. The molecule has 0 fully saturated rings. The Morgan fingerprint density at radius 3 is 2.52 bits per heavy atom. The van der Waals surface area contributed by atoms with Crippen LogP contribution in [-0.2, 0) is 11.2 Å². The number of carbonyl (C=O) groups is 2. The van der Waals surface area contributed by atoms with E-state index in [4.69, 9.17) is 4.42 Å². The highest BCUT2D eigenvalue weighted by Gasteiger charge is 2.08. The summed E-state index contributed by atoms with van der Waals surface area (Å²) >= 11 is 0. The van der Waals surface area contributed by atoms with Gasteiger partial charge < -0.3 is 15.1 Å². The highest BCUT2D eigenvalue weighted by atomic mass is 16.3. The van der Waals surface area contributed by atoms with Crippen molar-refractivity contribution in [1.29, 1.82) is 0 Å². The summed E-state index contributed by atoms with van der Waals surface area (Å²) < 4.78 is 5.00. The standard InChI is InChI=1S/C20H26N2O3/c1-2-3-4-7-16-10-12-17(13-11-16)22-19(23)9-5-14-21-20(24)18-8-6-15-25-18/h6,8,10-13,15H,2-5,7,9,14H2,1H3,(H,21,24)(H,22,23). The number of nitrogens with one attached hydrogen (secondary N) is 2. The summed E-state index contributed by atoms with van der Waals surface area (Å²) in [5.41, 5.74) is 2.11. The van der Waals surface area contributed by atoms with Crippen LogP contribution in [0, 0.1) is 0 Å². The van der Waals surface area contributed by atoms with Crippen LogP contribution in [-0.4, -0.2) is 18.4 Å². The SMILES string of the molecule is CCCCCc1ccc(NC(=O)CCCNC(=O)c2ccco2)cc1. The fraction of sp³-hybridized carbons (Fsp3) is 0.400. The summed E-state index contributed by atoms with van der Waals surface area (Å²) in [5.74, 6) is -0.0291. The molecule has 0 aliphatic rings. The molecule has 0 saturated carbocycles. The van der Waals surface area contributed by atoms with E-state index in [1.54, 1.807) is 12.1 Å². The normalized spacial score (nSPS) is 10.4. The number of hydrogen-bond donors (Lipinski definition) is 2. The molecule has 5 nitrogen and oxygen atoms in total. The van der Waals surface area contributed by atoms with E-state index in [1.165, 1.54) is 31.1 Å². The predicted octanol–water partition coefficient (Wildman–Crippen LogP) is 4.16. The van der Waals surface area contributed by atoms with Crippen LogP contribution < -0.4 is 10.6 Å². The van der Waals surface area contributed by atoms with Crippen LogP contribution in [0.15, 0.2) is 47.1 Å². The van der Waals surface area contributed by atoms with Crippen molar-refractivity contribution in [2.24, 2.45) is 0 Å². The summed E-state index contributed by atoms with van der Waals surface area (Å²) in [5, 5.41) is 5.61. The van der Waals surface area contributed by atoms with Crippen LogP contribution >= 0.6 is 0 Å². The molecule has 1 aromatic heterocycles. The van der Waals surface area contributed by atoms with Gasteiger partial charge in [-0.15, -0.1) is 0 Å². The molecule has 1 aromatic carbocycles. The number of aryl methyl sites for hydroxylation is 1. The molecule has 2 rings (SSSR count). The topological polar surface area (TPSA) is 71.3 Å². The van der Waals surface area contributed by atoms with Gasteiger partial charge in [0, 0.05) is 18.7 Å². The first-order chi connectivity index (χ1) is 12.2. The molecule has 0 aliphatic carbocycles. The maximum Gasteiger partial charge on any atom is 0.286 e. The van der Waals surface area contributed by atoms with Gasteiger partial charge in [-0.25, -0.2) is 0 Å². The van der Waals surface area contributed by atoms with E-state index in [0.717, 1.165) is 12.1 Å². The van der Waals surface area contributed by atoms with Crippen LogP contribution in [0.5, 0.6) is 0 Å². The van der Waals surface area contributed by atoms with Gasteiger partial charge in [-0.3, -0.25) is 9.59 Å². The Bertz CT molecular complexity index is 648. The van der Waals surface area contributed by atoms with Crippen molar-refractivity contribution in [3.63, 3.8) is 0 Å². The van der Waals surface area contributed by atoms with Gasteiger partial charge in [0.2, 0.25) is 5.91 Å². The van der Waals surface area contributed by atoms with Crippen LogP contribution in [0.2, 0.25) is 0 Å². The number of amides is 2. The van der Waals surface area contributed by atoms with Crippen molar-refractivity contribution in [3.05, 3.63) is 54.0 Å². The molecule has 2 N–H and O–H groups in total. The Kier molecular flexibility index (Phi) is 7.76. The number of anilines is 1. The molecule has 0 atom stereocenters. The molecule has 1 heterocycles. The molecular weight excluding hydrogens is 316 g/mol. The average molecular weight is 342 g/mol. The Morgan fingerprint density at radius 2 is 1.84 bits per heavy atom. The second-order valence-electron chi connectivity index (χ2n) is 6.04. The van der Waals surface area contributed by atoms with Gasteiger partial charge in [-0.2, -0.15) is 0 Å². The van der Waals surface area contributed by atoms with E-state index in [1.807, 2.05) is 12.1 Å². The highest BCUT2D eigenvalue weighted by molar-refractivity contribution is 5.92. The second kappa shape index (κ2) is 10.3. The fourth-order valence-electron chi connectivity index (χ4n) is 2.50. The first kappa shape index (κ1) is 18.8. The second-order valence-corrected chi connectivity index (χ2v) is 6.04. The predicted molar refractivity (Wildman–Crippen MR) is 98.6 cm³/mol. The molecule has 0 bridgehead atoms. The van der Waals surface area contributed by atoms with Crippen molar-refractivity contribution in [2.45, 2.75) is 45.4 Å². The van der Waals surface area contributed by atoms with Gasteiger partial charge in [-0.1, -0.05) is 31.9 Å². The van der Waals surface area contributed by atoms with E-state index in [0.29, 0.717) is 19.4 Å². The van der Waals surface area contributed by atoms with E-state index in [-0.39, 0.29) is 17.6 Å². The number of hydrogen-bond acceptors (Lipinski definition) is 3. The summed E-state index contributed by atoms with van der Waals surface area (Å²) in [4.78, 5) is 23.6. The Labute approximate surface area is 148 Å². The number of unbranched alkanes of at least 4 members (excludes halogenated alkanes) is 2. The number of benzene rings is 1. The largest absolute Gasteiger partial charge is 0.459 e. The molecule has 0 aliphatic heterocycles. The summed E-state index contributed by atoms with van der Waals surface area (Å²) in [6.07, 6.45) is 7.13. The molecule has 25 heavy (non-hydrogen) atoms.